The molecule has 1 aromatic heterocycles. The Kier molecular flexibility index (Phi) is 10.7. The summed E-state index contributed by atoms with van der Waals surface area (Å²) in [6.45, 7) is 4.10. The van der Waals surface area contributed by atoms with Gasteiger partial charge in [0.1, 0.15) is 10.8 Å². The molecule has 1 saturated heterocycles. The van der Waals surface area contributed by atoms with E-state index in [-0.39, 0.29) is 12.5 Å². The van der Waals surface area contributed by atoms with E-state index in [1.54, 1.807) is 32.4 Å². The van der Waals surface area contributed by atoms with Gasteiger partial charge in [0.15, 0.2) is 5.82 Å². The first-order chi connectivity index (χ1) is 21.6. The lowest BCUT2D eigenvalue weighted by Crippen LogP contribution is -2.51. The molecule has 1 atom stereocenters. The minimum atomic E-state index is -3.91. The second kappa shape index (κ2) is 14.7. The SMILES string of the molecule is CNC(=O)c1ccccc1Nc1nc(Nc2ccc3c(c2OC)CCC[C@H](N2CCN(CCOS(N)(=O)=O)CC2)C3)ncc1Cl. The number of carbonyl (C=O) groups is 1. The van der Waals surface area contributed by atoms with Crippen molar-refractivity contribution in [2.24, 2.45) is 5.14 Å². The topological polar surface area (TPSA) is 164 Å². The molecule has 15 heteroatoms. The lowest BCUT2D eigenvalue weighted by Gasteiger charge is -2.39. The number of para-hydroxylation sites is 1. The van der Waals surface area contributed by atoms with E-state index >= 15 is 0 Å². The molecule has 13 nitrogen and oxygen atoms in total. The van der Waals surface area contributed by atoms with Crippen LogP contribution < -0.4 is 25.8 Å². The predicted molar refractivity (Wildman–Crippen MR) is 174 cm³/mol. The summed E-state index contributed by atoms with van der Waals surface area (Å²) < 4.78 is 32.7. The van der Waals surface area contributed by atoms with Gasteiger partial charge in [0, 0.05) is 45.8 Å². The zero-order chi connectivity index (χ0) is 32.0. The Bertz CT molecular complexity index is 1620. The molecule has 1 amide bonds. The summed E-state index contributed by atoms with van der Waals surface area (Å²) in [6.07, 6.45) is 5.41. The van der Waals surface area contributed by atoms with Crippen molar-refractivity contribution in [1.29, 1.82) is 0 Å². The molecule has 5 N–H and O–H groups in total. The largest absolute Gasteiger partial charge is 0.494 e. The predicted octanol–water partition coefficient (Wildman–Crippen LogP) is 3.07. The summed E-state index contributed by atoms with van der Waals surface area (Å²) in [7, 11) is -0.659. The summed E-state index contributed by atoms with van der Waals surface area (Å²) in [5.41, 5.74) is 4.22. The van der Waals surface area contributed by atoms with E-state index in [1.807, 2.05) is 12.1 Å². The highest BCUT2D eigenvalue weighted by Gasteiger charge is 2.28. The highest BCUT2D eigenvalue weighted by molar-refractivity contribution is 7.84. The van der Waals surface area contributed by atoms with Crippen LogP contribution in [0.15, 0.2) is 42.6 Å². The van der Waals surface area contributed by atoms with Gasteiger partial charge in [-0.05, 0) is 55.0 Å². The minimum Gasteiger partial charge on any atom is -0.494 e. The van der Waals surface area contributed by atoms with Crippen molar-refractivity contribution in [3.05, 3.63) is 64.3 Å². The van der Waals surface area contributed by atoms with Gasteiger partial charge in [-0.3, -0.25) is 18.8 Å². The fraction of sp³-hybridized carbons (Fsp3) is 0.433. The molecule has 1 aliphatic heterocycles. The number of nitrogens with zero attached hydrogens (tertiary/aromatic N) is 4. The van der Waals surface area contributed by atoms with Crippen molar-refractivity contribution in [3.8, 4) is 5.75 Å². The third-order valence-corrected chi connectivity index (χ3v) is 8.97. The number of aromatic nitrogens is 2. The maximum Gasteiger partial charge on any atom is 0.333 e. The van der Waals surface area contributed by atoms with E-state index in [9.17, 15) is 13.2 Å². The summed E-state index contributed by atoms with van der Waals surface area (Å²) >= 11 is 6.43. The number of nitrogens with one attached hydrogen (secondary N) is 3. The number of ether oxygens (including phenoxy) is 1. The van der Waals surface area contributed by atoms with Gasteiger partial charge in [0.2, 0.25) is 5.95 Å². The number of nitrogens with two attached hydrogens (primary N) is 1. The summed E-state index contributed by atoms with van der Waals surface area (Å²) in [6, 6.07) is 11.7. The average molecular weight is 659 g/mol. The van der Waals surface area contributed by atoms with Gasteiger partial charge in [-0.25, -0.2) is 10.1 Å². The van der Waals surface area contributed by atoms with Crippen molar-refractivity contribution in [1.82, 2.24) is 25.1 Å². The Hall–Kier alpha value is -3.53. The second-order valence-electron chi connectivity index (χ2n) is 11.0. The second-order valence-corrected chi connectivity index (χ2v) is 12.6. The lowest BCUT2D eigenvalue weighted by atomic mass is 9.98. The van der Waals surface area contributed by atoms with E-state index in [0.717, 1.165) is 63.3 Å². The van der Waals surface area contributed by atoms with Crippen LogP contribution in [0.25, 0.3) is 0 Å². The van der Waals surface area contributed by atoms with Crippen LogP contribution in [0.4, 0.5) is 23.1 Å². The van der Waals surface area contributed by atoms with Crippen LogP contribution in [-0.4, -0.2) is 93.6 Å². The molecule has 45 heavy (non-hydrogen) atoms. The van der Waals surface area contributed by atoms with Gasteiger partial charge in [-0.2, -0.15) is 13.4 Å². The molecule has 0 unspecified atom stereocenters. The zero-order valence-electron chi connectivity index (χ0n) is 25.4. The fourth-order valence-electron chi connectivity index (χ4n) is 5.97. The first-order valence-corrected chi connectivity index (χ1v) is 16.7. The van der Waals surface area contributed by atoms with Crippen molar-refractivity contribution < 1.29 is 22.1 Å². The van der Waals surface area contributed by atoms with Gasteiger partial charge in [-0.1, -0.05) is 29.8 Å². The number of anilines is 4. The van der Waals surface area contributed by atoms with Crippen LogP contribution in [0, 0.1) is 0 Å². The molecule has 2 heterocycles. The normalized spacial score (nSPS) is 17.6. The number of halogens is 1. The van der Waals surface area contributed by atoms with E-state index in [2.05, 4.69) is 41.8 Å². The molecule has 1 aliphatic carbocycles. The number of carbonyl (C=O) groups excluding carboxylic acids is 1. The molecule has 2 aliphatic rings. The van der Waals surface area contributed by atoms with Crippen LogP contribution in [0.5, 0.6) is 5.75 Å². The smallest absolute Gasteiger partial charge is 0.333 e. The molecular formula is C30H39ClN8O5S. The Morgan fingerprint density at radius 2 is 1.89 bits per heavy atom. The highest BCUT2D eigenvalue weighted by Crippen LogP contribution is 2.38. The van der Waals surface area contributed by atoms with Crippen molar-refractivity contribution in [2.75, 3.05) is 64.1 Å². The summed E-state index contributed by atoms with van der Waals surface area (Å²) in [5.74, 6) is 1.23. The molecule has 242 valence electrons. The molecule has 0 spiro atoms. The Labute approximate surface area is 268 Å². The van der Waals surface area contributed by atoms with Gasteiger partial charge in [-0.15, -0.1) is 0 Å². The number of rotatable bonds is 11. The van der Waals surface area contributed by atoms with Gasteiger partial charge in [0.05, 0.1) is 36.9 Å². The molecule has 0 bridgehead atoms. The molecule has 2 aromatic carbocycles. The van der Waals surface area contributed by atoms with Gasteiger partial charge in [0.25, 0.3) is 5.91 Å². The van der Waals surface area contributed by atoms with Crippen molar-refractivity contribution in [2.45, 2.75) is 31.7 Å². The first kappa shape index (κ1) is 32.9. The third kappa shape index (κ3) is 8.39. The van der Waals surface area contributed by atoms with Crippen LogP contribution >= 0.6 is 11.6 Å². The fourth-order valence-corrected chi connectivity index (χ4v) is 6.42. The molecule has 5 rings (SSSR count). The standard InChI is InChI=1S/C30H39ClN8O5S/c1-33-29(40)23-7-3-4-9-25(23)35-28-24(31)19-34-30(37-28)36-26-11-10-20-18-21(6-5-8-22(20)27(26)43-2)39-14-12-38(13-15-39)16-17-44-45(32,41)42/h3-4,7,9-11,19,21H,5-6,8,12-18H2,1-2H3,(H,33,40)(H2,32,41,42)(H2,34,35,36,37)/t21-/m0/s1. The lowest BCUT2D eigenvalue weighted by molar-refractivity contribution is 0.0837. The molecule has 0 radical (unpaired) electrons. The quantitative estimate of drug-likeness (QED) is 0.224. The minimum absolute atomic E-state index is 0.0658. The number of fused-ring (bicyclic) bond motifs is 1. The van der Waals surface area contributed by atoms with Gasteiger partial charge < -0.3 is 20.7 Å². The van der Waals surface area contributed by atoms with E-state index in [4.69, 9.17) is 25.7 Å². The number of benzene rings is 2. The summed E-state index contributed by atoms with van der Waals surface area (Å²) in [5, 5.41) is 14.4. The molecule has 0 saturated carbocycles. The van der Waals surface area contributed by atoms with E-state index in [0.29, 0.717) is 40.6 Å². The van der Waals surface area contributed by atoms with Crippen molar-refractivity contribution >= 4 is 51.0 Å². The maximum absolute atomic E-state index is 12.3. The third-order valence-electron chi connectivity index (χ3n) is 8.20. The van der Waals surface area contributed by atoms with E-state index < -0.39 is 10.3 Å². The monoisotopic (exact) mass is 658 g/mol. The Balaban J connectivity index is 1.27. The number of piperazine rings is 1. The highest BCUT2D eigenvalue weighted by atomic mass is 35.5. The Morgan fingerprint density at radius 1 is 1.11 bits per heavy atom. The van der Waals surface area contributed by atoms with Crippen LogP contribution in [-0.2, 0) is 27.3 Å². The number of hydrogen-bond acceptors (Lipinski definition) is 11. The van der Waals surface area contributed by atoms with E-state index in [1.165, 1.54) is 17.3 Å². The number of methoxy groups -OCH3 is 1. The van der Waals surface area contributed by atoms with Crippen LogP contribution in [0.1, 0.15) is 34.3 Å². The zero-order valence-corrected chi connectivity index (χ0v) is 27.0. The van der Waals surface area contributed by atoms with Crippen molar-refractivity contribution in [3.63, 3.8) is 0 Å². The molecule has 1 fully saturated rings. The maximum atomic E-state index is 12.3. The molecular weight excluding hydrogens is 620 g/mol. The number of hydrogen-bond donors (Lipinski definition) is 4. The van der Waals surface area contributed by atoms with Crippen LogP contribution in [0.3, 0.4) is 0 Å². The average Bonchev–Trinajstić information content (AvgIpc) is 3.25. The molecule has 3 aromatic rings. The van der Waals surface area contributed by atoms with Crippen LogP contribution in [0.2, 0.25) is 5.02 Å². The first-order valence-electron chi connectivity index (χ1n) is 14.8. The van der Waals surface area contributed by atoms with Gasteiger partial charge >= 0.3 is 10.3 Å². The number of amides is 1. The summed E-state index contributed by atoms with van der Waals surface area (Å²) in [4.78, 5) is 26.1. The Morgan fingerprint density at radius 3 is 2.62 bits per heavy atom.